The average molecular weight is 476 g/mol. The first kappa shape index (κ1) is 23.4. The van der Waals surface area contributed by atoms with Gasteiger partial charge >= 0.3 is 6.09 Å². The molecule has 3 aromatic rings. The number of amides is 1. The number of para-hydroxylation sites is 1. The number of hydrogen-bond donors (Lipinski definition) is 0. The maximum Gasteiger partial charge on any atom is 0.415 e. The minimum absolute atomic E-state index is 0.244. The number of benzene rings is 2. The molecule has 0 aliphatic carbocycles. The predicted molar refractivity (Wildman–Crippen MR) is 136 cm³/mol. The quantitative estimate of drug-likeness (QED) is 0.460. The van der Waals surface area contributed by atoms with Crippen molar-refractivity contribution in [3.8, 4) is 11.5 Å². The minimum Gasteiger partial charge on any atom is -0.493 e. The molecule has 7 nitrogen and oxygen atoms in total. The van der Waals surface area contributed by atoms with Crippen molar-refractivity contribution in [1.82, 2.24) is 9.88 Å². The van der Waals surface area contributed by atoms with Gasteiger partial charge in [-0.3, -0.25) is 9.80 Å². The number of aromatic nitrogens is 1. The zero-order valence-corrected chi connectivity index (χ0v) is 20.8. The van der Waals surface area contributed by atoms with E-state index in [4.69, 9.17) is 19.2 Å². The number of anilines is 1. The third-order valence-electron chi connectivity index (χ3n) is 6.84. The van der Waals surface area contributed by atoms with Crippen LogP contribution >= 0.6 is 0 Å². The van der Waals surface area contributed by atoms with Crippen LogP contribution in [-0.2, 0) is 11.3 Å². The molecule has 2 aromatic carbocycles. The first-order valence-electron chi connectivity index (χ1n) is 12.5. The van der Waals surface area contributed by atoms with E-state index < -0.39 is 5.60 Å². The van der Waals surface area contributed by atoms with Crippen molar-refractivity contribution in [3.05, 3.63) is 59.8 Å². The summed E-state index contributed by atoms with van der Waals surface area (Å²) in [6, 6.07) is 16.0. The summed E-state index contributed by atoms with van der Waals surface area (Å²) < 4.78 is 17.8. The largest absolute Gasteiger partial charge is 0.493 e. The number of piperidine rings is 1. The van der Waals surface area contributed by atoms with E-state index in [1.54, 1.807) is 4.90 Å². The van der Waals surface area contributed by atoms with Crippen LogP contribution in [0.1, 0.15) is 37.9 Å². The van der Waals surface area contributed by atoms with Crippen molar-refractivity contribution in [2.45, 2.75) is 45.8 Å². The van der Waals surface area contributed by atoms with Crippen molar-refractivity contribution in [2.75, 3.05) is 37.7 Å². The molecule has 184 valence electrons. The topological polar surface area (TPSA) is 64.1 Å². The number of fused-ring (bicyclic) bond motifs is 1. The maximum atomic E-state index is 12.6. The van der Waals surface area contributed by atoms with Gasteiger partial charge in [0.25, 0.3) is 0 Å². The zero-order chi connectivity index (χ0) is 24.4. The number of likely N-dealkylation sites (tertiary alicyclic amines) is 1. The van der Waals surface area contributed by atoms with Crippen molar-refractivity contribution >= 4 is 22.7 Å². The van der Waals surface area contributed by atoms with Crippen molar-refractivity contribution in [2.24, 2.45) is 0 Å². The summed E-state index contributed by atoms with van der Waals surface area (Å²) in [7, 11) is 0. The fraction of sp³-hybridized carbons (Fsp3) is 0.429. The zero-order valence-electron chi connectivity index (χ0n) is 20.8. The van der Waals surface area contributed by atoms with E-state index in [0.717, 1.165) is 71.8 Å². The Labute approximate surface area is 206 Å². The smallest absolute Gasteiger partial charge is 0.415 e. The molecular weight excluding hydrogens is 442 g/mol. The Balaban J connectivity index is 1.32. The number of nitrogens with zero attached hydrogens (tertiary/aromatic N) is 3. The predicted octanol–water partition coefficient (Wildman–Crippen LogP) is 5.33. The van der Waals surface area contributed by atoms with Crippen LogP contribution in [0.4, 0.5) is 10.5 Å². The Kier molecular flexibility index (Phi) is 6.52. The molecule has 0 bridgehead atoms. The van der Waals surface area contributed by atoms with Gasteiger partial charge in [-0.05, 0) is 50.6 Å². The lowest BCUT2D eigenvalue weighted by atomic mass is 9.91. The second-order valence-electron chi connectivity index (χ2n) is 9.37. The Morgan fingerprint density at radius 3 is 2.43 bits per heavy atom. The lowest BCUT2D eigenvalue weighted by Crippen LogP contribution is -2.46. The Bertz CT molecular complexity index is 1210. The molecule has 2 fully saturated rings. The molecule has 0 radical (unpaired) electrons. The summed E-state index contributed by atoms with van der Waals surface area (Å²) >= 11 is 0. The first-order chi connectivity index (χ1) is 17.0. The lowest BCUT2D eigenvalue weighted by Gasteiger charge is -2.37. The number of pyridine rings is 1. The van der Waals surface area contributed by atoms with Gasteiger partial charge in [-0.15, -0.1) is 0 Å². The van der Waals surface area contributed by atoms with Crippen molar-refractivity contribution < 1.29 is 19.0 Å². The second kappa shape index (κ2) is 9.74. The highest BCUT2D eigenvalue weighted by molar-refractivity contribution is 5.91. The molecule has 7 heteroatoms. The Morgan fingerprint density at radius 1 is 1.00 bits per heavy atom. The third-order valence-corrected chi connectivity index (χ3v) is 6.84. The van der Waals surface area contributed by atoms with Gasteiger partial charge < -0.3 is 14.2 Å². The number of carbonyl (C=O) groups excluding carboxylic acids is 1. The SMILES string of the molecule is CCOc1cc(C)nc2c(OCC)cc(CN3CCC4(CC3)CN(c3ccccc3)C(=O)O4)cc12. The fourth-order valence-electron chi connectivity index (χ4n) is 5.14. The molecule has 2 saturated heterocycles. The van der Waals surface area contributed by atoms with Crippen LogP contribution in [-0.4, -0.2) is 54.4 Å². The summed E-state index contributed by atoms with van der Waals surface area (Å²) in [6.45, 7) is 10.3. The van der Waals surface area contributed by atoms with Gasteiger partial charge in [0.2, 0.25) is 0 Å². The number of ether oxygens (including phenoxy) is 3. The standard InChI is InChI=1S/C28H33N3O4/c1-4-33-24-15-20(3)29-26-23(24)16-21(17-25(26)34-5-2)18-30-13-11-28(12-14-30)19-31(27(32)35-28)22-9-7-6-8-10-22/h6-10,15-17H,4-5,11-14,18-19H2,1-3H3. The van der Waals surface area contributed by atoms with Crippen LogP contribution in [0, 0.1) is 6.92 Å². The van der Waals surface area contributed by atoms with Gasteiger partial charge in [-0.2, -0.15) is 0 Å². The van der Waals surface area contributed by atoms with Crippen molar-refractivity contribution in [1.29, 1.82) is 0 Å². The second-order valence-corrected chi connectivity index (χ2v) is 9.37. The van der Waals surface area contributed by atoms with Gasteiger partial charge in [0.15, 0.2) is 0 Å². The average Bonchev–Trinajstić information content (AvgIpc) is 3.18. The molecule has 0 N–H and O–H groups in total. The number of aryl methyl sites for hydroxylation is 1. The highest BCUT2D eigenvalue weighted by Crippen LogP contribution is 2.37. The van der Waals surface area contributed by atoms with Crippen LogP contribution in [0.2, 0.25) is 0 Å². The summed E-state index contributed by atoms with van der Waals surface area (Å²) in [5.74, 6) is 1.63. The van der Waals surface area contributed by atoms with Crippen LogP contribution in [0.25, 0.3) is 10.9 Å². The van der Waals surface area contributed by atoms with Crippen molar-refractivity contribution in [3.63, 3.8) is 0 Å². The molecule has 3 heterocycles. The van der Waals surface area contributed by atoms with Gasteiger partial charge in [0, 0.05) is 55.3 Å². The summed E-state index contributed by atoms with van der Waals surface area (Å²) in [5.41, 5.74) is 3.40. The third kappa shape index (κ3) is 4.78. The van der Waals surface area contributed by atoms with E-state index in [2.05, 4.69) is 17.0 Å². The highest BCUT2D eigenvalue weighted by atomic mass is 16.6. The molecule has 2 aliphatic rings. The molecular formula is C28H33N3O4. The number of hydrogen-bond acceptors (Lipinski definition) is 6. The molecule has 5 rings (SSSR count). The number of rotatable bonds is 7. The van der Waals surface area contributed by atoms with Crippen LogP contribution in [0.15, 0.2) is 48.5 Å². The summed E-state index contributed by atoms with van der Waals surface area (Å²) in [5, 5.41) is 0.982. The summed E-state index contributed by atoms with van der Waals surface area (Å²) in [4.78, 5) is 21.5. The van der Waals surface area contributed by atoms with Gasteiger partial charge in [0.1, 0.15) is 22.6 Å². The molecule has 1 aromatic heterocycles. The maximum absolute atomic E-state index is 12.6. The molecule has 0 unspecified atom stereocenters. The van der Waals surface area contributed by atoms with E-state index in [1.807, 2.05) is 57.2 Å². The van der Waals surface area contributed by atoms with Crippen LogP contribution in [0.3, 0.4) is 0 Å². The number of carbonyl (C=O) groups is 1. The minimum atomic E-state index is -0.410. The molecule has 0 saturated carbocycles. The van der Waals surface area contributed by atoms with Gasteiger partial charge in [-0.25, -0.2) is 9.78 Å². The van der Waals surface area contributed by atoms with E-state index in [9.17, 15) is 4.79 Å². The molecule has 0 atom stereocenters. The first-order valence-corrected chi connectivity index (χ1v) is 12.5. The van der Waals surface area contributed by atoms with E-state index in [-0.39, 0.29) is 6.09 Å². The van der Waals surface area contributed by atoms with E-state index in [0.29, 0.717) is 19.8 Å². The highest BCUT2D eigenvalue weighted by Gasteiger charge is 2.47. The van der Waals surface area contributed by atoms with Gasteiger partial charge in [-0.1, -0.05) is 18.2 Å². The van der Waals surface area contributed by atoms with Gasteiger partial charge in [0.05, 0.1) is 19.8 Å². The van der Waals surface area contributed by atoms with Crippen LogP contribution in [0.5, 0.6) is 11.5 Å². The Hall–Kier alpha value is -3.32. The fourth-order valence-corrected chi connectivity index (χ4v) is 5.14. The Morgan fingerprint density at radius 2 is 1.71 bits per heavy atom. The molecule has 1 spiro atoms. The van der Waals surface area contributed by atoms with Crippen LogP contribution < -0.4 is 14.4 Å². The van der Waals surface area contributed by atoms with E-state index >= 15 is 0 Å². The molecule has 2 aliphatic heterocycles. The monoisotopic (exact) mass is 475 g/mol. The molecule has 1 amide bonds. The normalized spacial score (nSPS) is 17.7. The lowest BCUT2D eigenvalue weighted by molar-refractivity contribution is -0.000979. The summed E-state index contributed by atoms with van der Waals surface area (Å²) in [6.07, 6.45) is 1.39. The van der Waals surface area contributed by atoms with E-state index in [1.165, 1.54) is 0 Å². The molecule has 35 heavy (non-hydrogen) atoms.